The van der Waals surface area contributed by atoms with Gasteiger partial charge in [-0.25, -0.2) is 24.9 Å². The highest BCUT2D eigenvalue weighted by molar-refractivity contribution is 5.84. The van der Waals surface area contributed by atoms with Gasteiger partial charge in [-0.05, 0) is 45.0 Å². The van der Waals surface area contributed by atoms with E-state index in [0.29, 0.717) is 29.0 Å². The quantitative estimate of drug-likeness (QED) is 0.460. The maximum absolute atomic E-state index is 5.62. The lowest BCUT2D eigenvalue weighted by Gasteiger charge is -2.32. The molecule has 10 nitrogen and oxygen atoms in total. The summed E-state index contributed by atoms with van der Waals surface area (Å²) in [5, 5.41) is 3.19. The standard InChI is InChI=1S/C24H28N8O2/c1-15(2)32-14-27-22-20(32)11-19(28-23(22)33-4)18-7-8-25-24(29-18)30-21-6-5-17(12-26-21)31-9-10-34-16(3)13-31/h5-8,11-12,14-16H,9-10,13H2,1-4H3,(H,25,26,29,30). The molecule has 0 aromatic carbocycles. The number of ether oxygens (including phenoxy) is 2. The van der Waals surface area contributed by atoms with Crippen LogP contribution in [0.4, 0.5) is 17.5 Å². The third-order valence-electron chi connectivity index (χ3n) is 5.79. The van der Waals surface area contributed by atoms with Crippen molar-refractivity contribution in [2.45, 2.75) is 32.9 Å². The van der Waals surface area contributed by atoms with Crippen LogP contribution in [0.3, 0.4) is 0 Å². The van der Waals surface area contributed by atoms with Gasteiger partial charge in [-0.15, -0.1) is 0 Å². The SMILES string of the molecule is COc1nc(-c2ccnc(Nc3ccc(N4CCOC(C)C4)cn3)n2)cc2c1ncn2C(C)C. The van der Waals surface area contributed by atoms with Crippen molar-refractivity contribution >= 4 is 28.5 Å². The Morgan fingerprint density at radius 1 is 1.12 bits per heavy atom. The molecule has 5 rings (SSSR count). The Labute approximate surface area is 198 Å². The fourth-order valence-corrected chi connectivity index (χ4v) is 4.06. The zero-order valence-corrected chi connectivity index (χ0v) is 19.8. The van der Waals surface area contributed by atoms with Gasteiger partial charge >= 0.3 is 0 Å². The van der Waals surface area contributed by atoms with Crippen LogP contribution in [-0.4, -0.2) is 62.4 Å². The summed E-state index contributed by atoms with van der Waals surface area (Å²) < 4.78 is 13.2. The molecule has 0 amide bonds. The molecule has 5 heterocycles. The highest BCUT2D eigenvalue weighted by Crippen LogP contribution is 2.29. The maximum atomic E-state index is 5.62. The average Bonchev–Trinajstić information content (AvgIpc) is 3.29. The number of fused-ring (bicyclic) bond motifs is 1. The lowest BCUT2D eigenvalue weighted by atomic mass is 10.2. The van der Waals surface area contributed by atoms with E-state index in [2.05, 4.69) is 60.5 Å². The number of imidazole rings is 1. The van der Waals surface area contributed by atoms with Gasteiger partial charge in [-0.1, -0.05) is 0 Å². The summed E-state index contributed by atoms with van der Waals surface area (Å²) in [6.07, 6.45) is 5.58. The molecule has 1 N–H and O–H groups in total. The first-order chi connectivity index (χ1) is 16.5. The molecule has 0 bridgehead atoms. The van der Waals surface area contributed by atoms with E-state index in [-0.39, 0.29) is 12.1 Å². The van der Waals surface area contributed by atoms with E-state index >= 15 is 0 Å². The zero-order valence-electron chi connectivity index (χ0n) is 19.8. The highest BCUT2D eigenvalue weighted by atomic mass is 16.5. The smallest absolute Gasteiger partial charge is 0.242 e. The summed E-state index contributed by atoms with van der Waals surface area (Å²) in [7, 11) is 1.60. The second-order valence-electron chi connectivity index (χ2n) is 8.55. The van der Waals surface area contributed by atoms with E-state index < -0.39 is 0 Å². The summed E-state index contributed by atoms with van der Waals surface area (Å²) in [6, 6.07) is 8.03. The first-order valence-corrected chi connectivity index (χ1v) is 11.4. The minimum atomic E-state index is 0.216. The van der Waals surface area contributed by atoms with Crippen LogP contribution >= 0.6 is 0 Å². The molecular weight excluding hydrogens is 432 g/mol. The van der Waals surface area contributed by atoms with E-state index in [9.17, 15) is 0 Å². The van der Waals surface area contributed by atoms with Crippen LogP contribution in [0.15, 0.2) is 43.0 Å². The molecule has 1 aliphatic rings. The Kier molecular flexibility index (Phi) is 5.97. The molecule has 0 saturated carbocycles. The lowest BCUT2D eigenvalue weighted by Crippen LogP contribution is -2.41. The third kappa shape index (κ3) is 4.36. The van der Waals surface area contributed by atoms with E-state index in [1.807, 2.05) is 36.8 Å². The van der Waals surface area contributed by atoms with E-state index in [1.54, 1.807) is 13.3 Å². The first kappa shape index (κ1) is 22.0. The van der Waals surface area contributed by atoms with Crippen molar-refractivity contribution in [3.8, 4) is 17.3 Å². The minimum absolute atomic E-state index is 0.216. The molecule has 34 heavy (non-hydrogen) atoms. The topological polar surface area (TPSA) is 103 Å². The predicted molar refractivity (Wildman–Crippen MR) is 131 cm³/mol. The second kappa shape index (κ2) is 9.22. The number of methoxy groups -OCH3 is 1. The van der Waals surface area contributed by atoms with Crippen LogP contribution in [-0.2, 0) is 4.74 Å². The Hall–Kier alpha value is -3.79. The molecule has 1 unspecified atom stereocenters. The molecule has 10 heteroatoms. The molecule has 176 valence electrons. The van der Waals surface area contributed by atoms with Crippen LogP contribution in [0.5, 0.6) is 5.88 Å². The van der Waals surface area contributed by atoms with Gasteiger partial charge in [0.2, 0.25) is 11.8 Å². The monoisotopic (exact) mass is 460 g/mol. The van der Waals surface area contributed by atoms with Crippen LogP contribution in [0, 0.1) is 0 Å². The van der Waals surface area contributed by atoms with Gasteiger partial charge in [0.1, 0.15) is 5.82 Å². The van der Waals surface area contributed by atoms with Crippen molar-refractivity contribution in [2.75, 3.05) is 37.0 Å². The molecule has 1 atom stereocenters. The van der Waals surface area contributed by atoms with Gasteiger partial charge in [0.25, 0.3) is 0 Å². The minimum Gasteiger partial charge on any atom is -0.479 e. The summed E-state index contributed by atoms with van der Waals surface area (Å²) in [5.41, 5.74) is 4.10. The van der Waals surface area contributed by atoms with Crippen molar-refractivity contribution in [3.63, 3.8) is 0 Å². The van der Waals surface area contributed by atoms with Crippen molar-refractivity contribution in [3.05, 3.63) is 43.0 Å². The number of anilines is 3. The lowest BCUT2D eigenvalue weighted by molar-refractivity contribution is 0.0532. The number of hydrogen-bond donors (Lipinski definition) is 1. The molecule has 0 radical (unpaired) electrons. The molecule has 4 aromatic rings. The van der Waals surface area contributed by atoms with Gasteiger partial charge in [0, 0.05) is 25.3 Å². The maximum Gasteiger partial charge on any atom is 0.242 e. The van der Waals surface area contributed by atoms with Crippen LogP contribution < -0.4 is 15.0 Å². The number of rotatable bonds is 6. The van der Waals surface area contributed by atoms with Crippen LogP contribution in [0.2, 0.25) is 0 Å². The number of hydrogen-bond acceptors (Lipinski definition) is 9. The van der Waals surface area contributed by atoms with Gasteiger partial charge in [-0.3, -0.25) is 0 Å². The summed E-state index contributed by atoms with van der Waals surface area (Å²) in [5.74, 6) is 1.58. The number of morpholine rings is 1. The van der Waals surface area contributed by atoms with Crippen molar-refractivity contribution in [1.29, 1.82) is 0 Å². The fraction of sp³-hybridized carbons (Fsp3) is 0.375. The van der Waals surface area contributed by atoms with Crippen molar-refractivity contribution < 1.29 is 9.47 Å². The highest BCUT2D eigenvalue weighted by Gasteiger charge is 2.18. The average molecular weight is 461 g/mol. The molecule has 1 saturated heterocycles. The Bertz CT molecular complexity index is 1290. The van der Waals surface area contributed by atoms with Gasteiger partial charge < -0.3 is 24.3 Å². The Morgan fingerprint density at radius 2 is 2.00 bits per heavy atom. The van der Waals surface area contributed by atoms with E-state index in [4.69, 9.17) is 9.47 Å². The summed E-state index contributed by atoms with van der Waals surface area (Å²) >= 11 is 0. The number of aromatic nitrogens is 6. The predicted octanol–water partition coefficient (Wildman–Crippen LogP) is 3.84. The normalized spacial score (nSPS) is 16.3. The van der Waals surface area contributed by atoms with Crippen molar-refractivity contribution in [2.24, 2.45) is 0 Å². The van der Waals surface area contributed by atoms with Gasteiger partial charge in [0.05, 0.1) is 54.9 Å². The zero-order chi connectivity index (χ0) is 23.7. The summed E-state index contributed by atoms with van der Waals surface area (Å²) in [6.45, 7) is 8.75. The third-order valence-corrected chi connectivity index (χ3v) is 5.79. The second-order valence-corrected chi connectivity index (χ2v) is 8.55. The van der Waals surface area contributed by atoms with Crippen LogP contribution in [0.1, 0.15) is 26.8 Å². The summed E-state index contributed by atoms with van der Waals surface area (Å²) in [4.78, 5) is 25.0. The number of pyridine rings is 2. The molecule has 0 spiro atoms. The molecular formula is C24H28N8O2. The van der Waals surface area contributed by atoms with Crippen LogP contribution in [0.25, 0.3) is 22.4 Å². The number of nitrogens with one attached hydrogen (secondary N) is 1. The number of nitrogens with zero attached hydrogens (tertiary/aromatic N) is 7. The molecule has 4 aromatic heterocycles. The molecule has 1 aliphatic heterocycles. The van der Waals surface area contributed by atoms with Gasteiger partial charge in [-0.2, -0.15) is 0 Å². The van der Waals surface area contributed by atoms with Crippen molar-refractivity contribution in [1.82, 2.24) is 29.5 Å². The first-order valence-electron chi connectivity index (χ1n) is 11.4. The molecule has 0 aliphatic carbocycles. The van der Waals surface area contributed by atoms with Gasteiger partial charge in [0.15, 0.2) is 5.52 Å². The largest absolute Gasteiger partial charge is 0.479 e. The molecule has 1 fully saturated rings. The van der Waals surface area contributed by atoms with E-state index in [0.717, 1.165) is 36.4 Å². The Morgan fingerprint density at radius 3 is 2.74 bits per heavy atom. The Balaban J connectivity index is 1.40. The fourth-order valence-electron chi connectivity index (χ4n) is 4.06. The van der Waals surface area contributed by atoms with E-state index in [1.165, 1.54) is 0 Å².